The van der Waals surface area contributed by atoms with E-state index in [9.17, 15) is 44.7 Å². The van der Waals surface area contributed by atoms with Gasteiger partial charge in [0.05, 0.1) is 5.56 Å². The maximum atomic E-state index is 12.6. The number of ketones is 1. The Morgan fingerprint density at radius 2 is 1.51 bits per heavy atom. The van der Waals surface area contributed by atoms with Crippen molar-refractivity contribution in [3.63, 3.8) is 0 Å². The molecule has 1 heterocycles. The summed E-state index contributed by atoms with van der Waals surface area (Å²) in [5, 5.41) is 50.9. The lowest BCUT2D eigenvalue weighted by Gasteiger charge is -2.42. The van der Waals surface area contributed by atoms with E-state index >= 15 is 0 Å². The molecule has 41 heavy (non-hydrogen) atoms. The summed E-state index contributed by atoms with van der Waals surface area (Å²) in [5.74, 6) is -6.09. The zero-order chi connectivity index (χ0) is 30.4. The van der Waals surface area contributed by atoms with Crippen LogP contribution in [0.3, 0.4) is 0 Å². The molecule has 1 aliphatic rings. The summed E-state index contributed by atoms with van der Waals surface area (Å²) in [4.78, 5) is 47.4. The predicted molar refractivity (Wildman–Crippen MR) is 136 cm³/mol. The minimum absolute atomic E-state index is 0.334. The highest BCUT2D eigenvalue weighted by atomic mass is 16.7. The Morgan fingerprint density at radius 1 is 0.854 bits per heavy atom. The molecule has 2 aromatic rings. The molecule has 5 N–H and O–H groups in total. The molecule has 14 heteroatoms. The van der Waals surface area contributed by atoms with Crippen molar-refractivity contribution >= 4 is 29.8 Å². The van der Waals surface area contributed by atoms with Gasteiger partial charge in [0.2, 0.25) is 12.0 Å². The lowest BCUT2D eigenvalue weighted by molar-refractivity contribution is -0.285. The number of rotatable bonds is 9. The Bertz CT molecular complexity index is 1350. The van der Waals surface area contributed by atoms with Gasteiger partial charge in [0.25, 0.3) is 0 Å². The van der Waals surface area contributed by atoms with Crippen molar-refractivity contribution in [2.45, 2.75) is 51.5 Å². The van der Waals surface area contributed by atoms with E-state index in [1.165, 1.54) is 24.3 Å². The fraction of sp³-hybridized carbons (Fsp3) is 0.333. The summed E-state index contributed by atoms with van der Waals surface area (Å²) in [6.45, 7) is 2.73. The second-order valence-corrected chi connectivity index (χ2v) is 8.86. The average Bonchev–Trinajstić information content (AvgIpc) is 2.89. The third-order valence-electron chi connectivity index (χ3n) is 5.72. The number of carbonyl (C=O) groups excluding carboxylic acids is 4. The van der Waals surface area contributed by atoms with Crippen molar-refractivity contribution < 1.29 is 68.4 Å². The molecule has 0 amide bonds. The van der Waals surface area contributed by atoms with Gasteiger partial charge in [0, 0.05) is 20.8 Å². The van der Waals surface area contributed by atoms with Crippen LogP contribution in [0.4, 0.5) is 0 Å². The molecule has 0 saturated carbocycles. The van der Waals surface area contributed by atoms with E-state index in [0.717, 1.165) is 39.0 Å². The molecule has 0 aliphatic carbocycles. The van der Waals surface area contributed by atoms with Crippen molar-refractivity contribution in [3.8, 4) is 28.7 Å². The van der Waals surface area contributed by atoms with E-state index in [1.807, 2.05) is 0 Å². The van der Waals surface area contributed by atoms with Crippen LogP contribution in [0.1, 0.15) is 36.7 Å². The zero-order valence-corrected chi connectivity index (χ0v) is 22.0. The first-order valence-corrected chi connectivity index (χ1v) is 12.1. The van der Waals surface area contributed by atoms with Gasteiger partial charge in [-0.1, -0.05) is 12.1 Å². The number of ether oxygens (including phenoxy) is 5. The van der Waals surface area contributed by atoms with Crippen molar-refractivity contribution in [3.05, 3.63) is 47.5 Å². The van der Waals surface area contributed by atoms with Gasteiger partial charge in [-0.25, -0.2) is 0 Å². The van der Waals surface area contributed by atoms with Crippen molar-refractivity contribution in [1.29, 1.82) is 0 Å². The highest BCUT2D eigenvalue weighted by Crippen LogP contribution is 2.40. The van der Waals surface area contributed by atoms with E-state index in [1.54, 1.807) is 0 Å². The third-order valence-corrected chi connectivity index (χ3v) is 5.72. The number of hydrogen-bond acceptors (Lipinski definition) is 14. The SMILES string of the molecule is CC(=O)OC[C@H]1O[C@@H](Oc2ccc(C(=O)C=Cc3ccc(O)c(O)c3)c(O)c2O)[C@H](O)[C@@H](OC(C)=O)[C@@H]1OC(C)=O. The number of benzene rings is 2. The molecule has 0 radical (unpaired) electrons. The Balaban J connectivity index is 1.86. The van der Waals surface area contributed by atoms with E-state index in [4.69, 9.17) is 23.7 Å². The van der Waals surface area contributed by atoms with Gasteiger partial charge in [-0.3, -0.25) is 19.2 Å². The normalized spacial score (nSPS) is 22.1. The second kappa shape index (κ2) is 13.0. The molecule has 0 bridgehead atoms. The van der Waals surface area contributed by atoms with Gasteiger partial charge in [0.1, 0.15) is 12.7 Å². The highest BCUT2D eigenvalue weighted by Gasteiger charge is 2.51. The fourth-order valence-electron chi connectivity index (χ4n) is 3.87. The minimum atomic E-state index is -1.80. The number of aliphatic hydroxyl groups excluding tert-OH is 1. The van der Waals surface area contributed by atoms with Gasteiger partial charge >= 0.3 is 17.9 Å². The van der Waals surface area contributed by atoms with Crippen LogP contribution in [0.25, 0.3) is 6.08 Å². The number of hydrogen-bond donors (Lipinski definition) is 5. The quantitative estimate of drug-likeness (QED) is 0.0935. The van der Waals surface area contributed by atoms with E-state index in [0.29, 0.717) is 5.56 Å². The van der Waals surface area contributed by atoms with E-state index in [2.05, 4.69) is 0 Å². The molecule has 3 rings (SSSR count). The summed E-state index contributed by atoms with van der Waals surface area (Å²) in [6.07, 6.45) is -5.40. The maximum absolute atomic E-state index is 12.6. The lowest BCUT2D eigenvalue weighted by Crippen LogP contribution is -2.62. The van der Waals surface area contributed by atoms with Crippen LogP contribution in [0.5, 0.6) is 28.7 Å². The number of esters is 3. The lowest BCUT2D eigenvalue weighted by atomic mass is 9.98. The Labute approximate surface area is 232 Å². The van der Waals surface area contributed by atoms with Crippen LogP contribution < -0.4 is 4.74 Å². The Kier molecular flexibility index (Phi) is 9.76. The first kappa shape index (κ1) is 30.7. The van der Waals surface area contributed by atoms with Gasteiger partial charge in [-0.05, 0) is 35.9 Å². The van der Waals surface area contributed by atoms with Crippen LogP contribution in [0.15, 0.2) is 36.4 Å². The smallest absolute Gasteiger partial charge is 0.303 e. The molecule has 1 saturated heterocycles. The summed E-state index contributed by atoms with van der Waals surface area (Å²) >= 11 is 0. The molecule has 0 spiro atoms. The van der Waals surface area contributed by atoms with Crippen LogP contribution in [0, 0.1) is 0 Å². The first-order valence-electron chi connectivity index (χ1n) is 12.1. The minimum Gasteiger partial charge on any atom is -0.504 e. The zero-order valence-electron chi connectivity index (χ0n) is 22.0. The Morgan fingerprint density at radius 3 is 2.12 bits per heavy atom. The van der Waals surface area contributed by atoms with Crippen molar-refractivity contribution in [2.75, 3.05) is 6.61 Å². The molecule has 1 fully saturated rings. The van der Waals surface area contributed by atoms with Gasteiger partial charge in [-0.2, -0.15) is 0 Å². The summed E-state index contributed by atoms with van der Waals surface area (Å²) in [5.41, 5.74) is 0.0260. The van der Waals surface area contributed by atoms with Crippen LogP contribution in [-0.4, -0.2) is 86.5 Å². The topological polar surface area (TPSA) is 216 Å². The number of phenolic OH excluding ortho intramolecular Hbond substituents is 4. The summed E-state index contributed by atoms with van der Waals surface area (Å²) in [6, 6.07) is 6.05. The average molecular weight is 577 g/mol. The standard InChI is InChI=1S/C27H28O14/c1-12(28)37-11-21-25(38-13(2)29)26(39-14(3)30)24(36)27(41-21)40-20-9-6-16(22(34)23(20)35)17(31)7-4-15-5-8-18(32)19(33)10-15/h4-10,21,24-27,32-36H,11H2,1-3H3/t21-,24-,25-,26-,27-/m1/s1. The third kappa shape index (κ3) is 7.64. The van der Waals surface area contributed by atoms with Crippen LogP contribution in [0.2, 0.25) is 0 Å². The second-order valence-electron chi connectivity index (χ2n) is 8.86. The highest BCUT2D eigenvalue weighted by molar-refractivity contribution is 6.09. The molecule has 14 nitrogen and oxygen atoms in total. The molecule has 2 aromatic carbocycles. The number of allylic oxidation sites excluding steroid dienone is 1. The number of aromatic hydroxyl groups is 4. The molecular formula is C27H28O14. The van der Waals surface area contributed by atoms with Crippen molar-refractivity contribution in [1.82, 2.24) is 0 Å². The van der Waals surface area contributed by atoms with Gasteiger partial charge in [0.15, 0.2) is 47.1 Å². The first-order chi connectivity index (χ1) is 19.3. The Hall–Kier alpha value is -4.82. The number of phenols is 4. The predicted octanol–water partition coefficient (Wildman–Crippen LogP) is 1.30. The van der Waals surface area contributed by atoms with E-state index in [-0.39, 0.29) is 11.3 Å². The molecule has 5 atom stereocenters. The maximum Gasteiger partial charge on any atom is 0.303 e. The fourth-order valence-corrected chi connectivity index (χ4v) is 3.87. The van der Waals surface area contributed by atoms with Crippen LogP contribution in [-0.2, 0) is 33.3 Å². The monoisotopic (exact) mass is 576 g/mol. The largest absolute Gasteiger partial charge is 0.504 e. The molecule has 220 valence electrons. The molecule has 1 aliphatic heterocycles. The van der Waals surface area contributed by atoms with Gasteiger partial charge < -0.3 is 49.2 Å². The molecule has 0 unspecified atom stereocenters. The van der Waals surface area contributed by atoms with Crippen molar-refractivity contribution in [2.24, 2.45) is 0 Å². The number of aliphatic hydroxyl groups is 1. The molecular weight excluding hydrogens is 548 g/mol. The summed E-state index contributed by atoms with van der Waals surface area (Å²) < 4.78 is 26.4. The van der Waals surface area contributed by atoms with E-state index < -0.39 is 84.0 Å². The molecule has 0 aromatic heterocycles. The summed E-state index contributed by atoms with van der Waals surface area (Å²) in [7, 11) is 0. The number of carbonyl (C=O) groups is 4. The van der Waals surface area contributed by atoms with Gasteiger partial charge in [-0.15, -0.1) is 0 Å². The van der Waals surface area contributed by atoms with Crippen LogP contribution >= 0.6 is 0 Å².